The van der Waals surface area contributed by atoms with Crippen LogP contribution < -0.4 is 0 Å². The summed E-state index contributed by atoms with van der Waals surface area (Å²) >= 11 is 0. The van der Waals surface area contributed by atoms with Gasteiger partial charge in [0.1, 0.15) is 0 Å². The summed E-state index contributed by atoms with van der Waals surface area (Å²) < 4.78 is 45.0. The Bertz CT molecular complexity index is 1130. The molecule has 2 heterocycles. The van der Waals surface area contributed by atoms with Crippen LogP contribution in [0.4, 0.5) is 0 Å². The molecule has 9 nitrogen and oxygen atoms in total. The van der Waals surface area contributed by atoms with Crippen LogP contribution in [0.15, 0.2) is 29.2 Å². The number of ether oxygens (including phenoxy) is 3. The lowest BCUT2D eigenvalue weighted by atomic mass is 10.1. The summed E-state index contributed by atoms with van der Waals surface area (Å²) in [5.41, 5.74) is 2.77. The van der Waals surface area contributed by atoms with E-state index in [1.54, 1.807) is 26.2 Å². The van der Waals surface area contributed by atoms with Gasteiger partial charge in [-0.15, -0.1) is 0 Å². The second kappa shape index (κ2) is 10.6. The third-order valence-electron chi connectivity index (χ3n) is 5.74. The van der Waals surface area contributed by atoms with E-state index in [1.807, 2.05) is 18.4 Å². The molecule has 33 heavy (non-hydrogen) atoms. The third kappa shape index (κ3) is 5.52. The Balaban J connectivity index is 1.72. The molecule has 1 aromatic carbocycles. The van der Waals surface area contributed by atoms with Gasteiger partial charge in [-0.1, -0.05) is 6.07 Å². The lowest BCUT2D eigenvalue weighted by molar-refractivity contribution is 0.0474. The number of ketones is 1. The van der Waals surface area contributed by atoms with Crippen molar-refractivity contribution < 1.29 is 32.2 Å². The fraction of sp³-hybridized carbons (Fsp3) is 0.478. The Morgan fingerprint density at radius 2 is 1.79 bits per heavy atom. The van der Waals surface area contributed by atoms with Gasteiger partial charge in [0.25, 0.3) is 0 Å². The summed E-state index contributed by atoms with van der Waals surface area (Å²) in [6, 6.07) is 6.13. The van der Waals surface area contributed by atoms with Crippen molar-refractivity contribution >= 4 is 21.8 Å². The molecule has 10 heteroatoms. The predicted octanol–water partition coefficient (Wildman–Crippen LogP) is 2.12. The van der Waals surface area contributed by atoms with Crippen LogP contribution in [0.1, 0.15) is 37.7 Å². The molecule has 0 bridgehead atoms. The summed E-state index contributed by atoms with van der Waals surface area (Å²) in [5, 5.41) is 0. The van der Waals surface area contributed by atoms with E-state index < -0.39 is 22.6 Å². The molecule has 3 rings (SSSR count). The van der Waals surface area contributed by atoms with Gasteiger partial charge >= 0.3 is 5.97 Å². The van der Waals surface area contributed by atoms with E-state index in [4.69, 9.17) is 14.2 Å². The number of carbonyl (C=O) groups is 2. The number of methoxy groups -OCH3 is 1. The molecule has 0 saturated carbocycles. The van der Waals surface area contributed by atoms with Crippen LogP contribution in [-0.4, -0.2) is 75.7 Å². The topological polar surface area (TPSA) is 104 Å². The van der Waals surface area contributed by atoms with Crippen molar-refractivity contribution in [3.63, 3.8) is 0 Å². The Morgan fingerprint density at radius 1 is 1.09 bits per heavy atom. The number of Topliss-reactive ketones (excluding diaryl/α,β-unsaturated/α-hetero) is 1. The molecule has 2 aromatic rings. The van der Waals surface area contributed by atoms with Crippen molar-refractivity contribution in [2.45, 2.75) is 32.2 Å². The number of esters is 1. The Kier molecular flexibility index (Phi) is 8.06. The molecular formula is C23H30N2O7S. The van der Waals surface area contributed by atoms with Crippen molar-refractivity contribution in [3.05, 3.63) is 52.3 Å². The van der Waals surface area contributed by atoms with E-state index in [0.29, 0.717) is 37.5 Å². The van der Waals surface area contributed by atoms with Gasteiger partial charge in [-0.2, -0.15) is 4.31 Å². The number of carbonyl (C=O) groups excluding carboxylic acids is 2. The van der Waals surface area contributed by atoms with Crippen LogP contribution >= 0.6 is 0 Å². The molecule has 1 aliphatic rings. The number of aromatic nitrogens is 1. The molecule has 180 valence electrons. The van der Waals surface area contributed by atoms with Crippen molar-refractivity contribution in [1.29, 1.82) is 0 Å². The van der Waals surface area contributed by atoms with Crippen LogP contribution in [0.5, 0.6) is 0 Å². The number of nitrogens with zero attached hydrogens (tertiary/aromatic N) is 2. The largest absolute Gasteiger partial charge is 0.454 e. The normalized spacial score (nSPS) is 14.9. The van der Waals surface area contributed by atoms with Gasteiger partial charge < -0.3 is 18.8 Å². The van der Waals surface area contributed by atoms with Crippen LogP contribution in [0, 0.1) is 20.8 Å². The number of aryl methyl sites for hydroxylation is 2. The smallest absolute Gasteiger partial charge is 0.338 e. The first kappa shape index (κ1) is 25.1. The van der Waals surface area contributed by atoms with Gasteiger partial charge in [0.05, 0.1) is 30.3 Å². The van der Waals surface area contributed by atoms with Crippen LogP contribution in [0.2, 0.25) is 0 Å². The predicted molar refractivity (Wildman–Crippen MR) is 121 cm³/mol. The SMILES string of the molecule is COCCn1c(C)cc(C(=O)COC(=O)c2ccc(C)c(S(=O)(=O)N3CCOCC3)c2)c1C. The van der Waals surface area contributed by atoms with Crippen molar-refractivity contribution in [2.24, 2.45) is 0 Å². The highest BCUT2D eigenvalue weighted by Crippen LogP contribution is 2.23. The van der Waals surface area contributed by atoms with Crippen LogP contribution in [0.25, 0.3) is 0 Å². The molecular weight excluding hydrogens is 448 g/mol. The van der Waals surface area contributed by atoms with E-state index in [0.717, 1.165) is 11.4 Å². The first-order valence-electron chi connectivity index (χ1n) is 10.7. The molecule has 0 aliphatic carbocycles. The van der Waals surface area contributed by atoms with Crippen molar-refractivity contribution in [1.82, 2.24) is 8.87 Å². The number of hydrogen-bond acceptors (Lipinski definition) is 7. The minimum absolute atomic E-state index is 0.0480. The summed E-state index contributed by atoms with van der Waals surface area (Å²) in [6.45, 7) is 7.27. The quantitative estimate of drug-likeness (QED) is 0.402. The molecule has 0 radical (unpaired) electrons. The molecule has 1 saturated heterocycles. The van der Waals surface area contributed by atoms with Gasteiger partial charge in [0, 0.05) is 43.7 Å². The van der Waals surface area contributed by atoms with E-state index in [2.05, 4.69) is 0 Å². The zero-order chi connectivity index (χ0) is 24.2. The molecule has 0 atom stereocenters. The molecule has 0 N–H and O–H groups in total. The molecule has 1 fully saturated rings. The highest BCUT2D eigenvalue weighted by molar-refractivity contribution is 7.89. The van der Waals surface area contributed by atoms with Crippen LogP contribution in [-0.2, 0) is 30.8 Å². The minimum Gasteiger partial charge on any atom is -0.454 e. The van der Waals surface area contributed by atoms with Crippen LogP contribution in [0.3, 0.4) is 0 Å². The van der Waals surface area contributed by atoms with E-state index in [1.165, 1.54) is 16.4 Å². The van der Waals surface area contributed by atoms with Gasteiger partial charge in [-0.25, -0.2) is 13.2 Å². The third-order valence-corrected chi connectivity index (χ3v) is 7.78. The molecule has 0 unspecified atom stereocenters. The Hall–Kier alpha value is -2.53. The maximum atomic E-state index is 13.0. The maximum absolute atomic E-state index is 13.0. The zero-order valence-electron chi connectivity index (χ0n) is 19.4. The molecule has 1 aromatic heterocycles. The fourth-order valence-electron chi connectivity index (χ4n) is 3.83. The average molecular weight is 479 g/mol. The Labute approximate surface area is 194 Å². The minimum atomic E-state index is -3.77. The first-order chi connectivity index (χ1) is 15.7. The summed E-state index contributed by atoms with van der Waals surface area (Å²) in [6.07, 6.45) is 0. The lowest BCUT2D eigenvalue weighted by Crippen LogP contribution is -2.40. The summed E-state index contributed by atoms with van der Waals surface area (Å²) in [4.78, 5) is 25.4. The van der Waals surface area contributed by atoms with Gasteiger partial charge in [0.15, 0.2) is 6.61 Å². The van der Waals surface area contributed by atoms with E-state index >= 15 is 0 Å². The fourth-order valence-corrected chi connectivity index (χ4v) is 5.49. The molecule has 0 spiro atoms. The first-order valence-corrected chi connectivity index (χ1v) is 12.2. The highest BCUT2D eigenvalue weighted by Gasteiger charge is 2.29. The van der Waals surface area contributed by atoms with Crippen molar-refractivity contribution in [3.8, 4) is 0 Å². The molecule has 0 amide bonds. The average Bonchev–Trinajstić information content (AvgIpc) is 3.09. The lowest BCUT2D eigenvalue weighted by Gasteiger charge is -2.26. The Morgan fingerprint density at radius 3 is 2.45 bits per heavy atom. The number of morpholine rings is 1. The highest BCUT2D eigenvalue weighted by atomic mass is 32.2. The van der Waals surface area contributed by atoms with Gasteiger partial charge in [-0.05, 0) is 44.5 Å². The van der Waals surface area contributed by atoms with E-state index in [-0.39, 0.29) is 29.3 Å². The number of rotatable bonds is 9. The van der Waals surface area contributed by atoms with Gasteiger partial charge in [0.2, 0.25) is 15.8 Å². The second-order valence-electron chi connectivity index (χ2n) is 7.93. The monoisotopic (exact) mass is 478 g/mol. The summed E-state index contributed by atoms with van der Waals surface area (Å²) in [7, 11) is -2.16. The second-order valence-corrected chi connectivity index (χ2v) is 9.83. The zero-order valence-corrected chi connectivity index (χ0v) is 20.2. The van der Waals surface area contributed by atoms with E-state index in [9.17, 15) is 18.0 Å². The molecule has 1 aliphatic heterocycles. The van der Waals surface area contributed by atoms with Gasteiger partial charge in [-0.3, -0.25) is 4.79 Å². The standard InChI is InChI=1S/C23H30N2O7S/c1-16-5-6-19(14-22(16)33(28,29)24-7-11-31-12-8-24)23(27)32-15-21(26)20-13-17(2)25(18(20)3)9-10-30-4/h5-6,13-14H,7-12,15H2,1-4H3. The maximum Gasteiger partial charge on any atom is 0.338 e. The van der Waals surface area contributed by atoms with Crippen molar-refractivity contribution in [2.75, 3.05) is 46.6 Å². The number of benzene rings is 1. The number of hydrogen-bond donors (Lipinski definition) is 0. The summed E-state index contributed by atoms with van der Waals surface area (Å²) in [5.74, 6) is -1.08. The number of sulfonamides is 1.